The van der Waals surface area contributed by atoms with Crippen molar-refractivity contribution in [2.75, 3.05) is 7.11 Å². The van der Waals surface area contributed by atoms with Gasteiger partial charge in [0.05, 0.1) is 7.11 Å². The third-order valence-electron chi connectivity index (χ3n) is 2.51. The first-order valence-electron chi connectivity index (χ1n) is 5.62. The molecule has 0 saturated heterocycles. The van der Waals surface area contributed by atoms with E-state index < -0.39 is 0 Å². The van der Waals surface area contributed by atoms with Crippen LogP contribution in [0.4, 0.5) is 0 Å². The Kier molecular flexibility index (Phi) is 4.11. The highest BCUT2D eigenvalue weighted by molar-refractivity contribution is 5.18. The van der Waals surface area contributed by atoms with E-state index in [2.05, 4.69) is 22.4 Å². The van der Waals surface area contributed by atoms with Gasteiger partial charge in [0.25, 0.3) is 0 Å². The number of nitrogens with one attached hydrogen (secondary N) is 1. The molecule has 1 aromatic heterocycles. The van der Waals surface area contributed by atoms with Crippen molar-refractivity contribution in [2.45, 2.75) is 13.1 Å². The Hall–Kier alpha value is -1.87. The Labute approximate surface area is 101 Å². The van der Waals surface area contributed by atoms with Gasteiger partial charge in [0, 0.05) is 25.4 Å². The van der Waals surface area contributed by atoms with Gasteiger partial charge in [-0.1, -0.05) is 36.4 Å². The molecule has 0 aliphatic heterocycles. The number of nitrogens with zero attached hydrogens (tertiary/aromatic N) is 1. The summed E-state index contributed by atoms with van der Waals surface area (Å²) < 4.78 is 5.01. The Morgan fingerprint density at radius 2 is 1.76 bits per heavy atom. The van der Waals surface area contributed by atoms with Gasteiger partial charge in [0.15, 0.2) is 0 Å². The van der Waals surface area contributed by atoms with E-state index in [0.29, 0.717) is 5.88 Å². The number of hydrogen-bond donors (Lipinski definition) is 1. The van der Waals surface area contributed by atoms with Crippen molar-refractivity contribution in [1.29, 1.82) is 0 Å². The predicted octanol–water partition coefficient (Wildman–Crippen LogP) is 2.38. The van der Waals surface area contributed by atoms with Crippen LogP contribution in [-0.4, -0.2) is 12.1 Å². The fourth-order valence-corrected chi connectivity index (χ4v) is 1.58. The molecule has 0 bridgehead atoms. The topological polar surface area (TPSA) is 34.1 Å². The van der Waals surface area contributed by atoms with Gasteiger partial charge in [0.1, 0.15) is 0 Å². The lowest BCUT2D eigenvalue weighted by Crippen LogP contribution is -2.12. The summed E-state index contributed by atoms with van der Waals surface area (Å²) in [6.07, 6.45) is 1.83. The van der Waals surface area contributed by atoms with Crippen LogP contribution in [0.3, 0.4) is 0 Å². The van der Waals surface area contributed by atoms with Crippen LogP contribution in [-0.2, 0) is 13.1 Å². The number of hydrogen-bond acceptors (Lipinski definition) is 3. The summed E-state index contributed by atoms with van der Waals surface area (Å²) in [6, 6.07) is 14.2. The van der Waals surface area contributed by atoms with E-state index in [9.17, 15) is 0 Å². The number of benzene rings is 1. The van der Waals surface area contributed by atoms with E-state index in [-0.39, 0.29) is 0 Å². The van der Waals surface area contributed by atoms with Crippen molar-refractivity contribution in [3.63, 3.8) is 0 Å². The molecule has 0 saturated carbocycles. The third-order valence-corrected chi connectivity index (χ3v) is 2.51. The SMILES string of the molecule is COc1ccc(CNCc2ccccc2)cn1. The molecule has 0 unspecified atom stereocenters. The van der Waals surface area contributed by atoms with Gasteiger partial charge in [-0.25, -0.2) is 4.98 Å². The molecule has 1 heterocycles. The van der Waals surface area contributed by atoms with Crippen molar-refractivity contribution < 1.29 is 4.74 Å². The maximum Gasteiger partial charge on any atom is 0.212 e. The summed E-state index contributed by atoms with van der Waals surface area (Å²) >= 11 is 0. The van der Waals surface area contributed by atoms with Crippen LogP contribution >= 0.6 is 0 Å². The van der Waals surface area contributed by atoms with E-state index in [1.165, 1.54) is 5.56 Å². The lowest BCUT2D eigenvalue weighted by Gasteiger charge is -2.05. The number of aromatic nitrogens is 1. The first kappa shape index (κ1) is 11.6. The first-order chi connectivity index (χ1) is 8.38. The minimum absolute atomic E-state index is 0.650. The van der Waals surface area contributed by atoms with Crippen LogP contribution < -0.4 is 10.1 Å². The fraction of sp³-hybridized carbons (Fsp3) is 0.214. The van der Waals surface area contributed by atoms with Crippen molar-refractivity contribution in [3.05, 3.63) is 59.8 Å². The molecule has 88 valence electrons. The Bertz CT molecular complexity index is 440. The quantitative estimate of drug-likeness (QED) is 0.853. The second kappa shape index (κ2) is 6.01. The standard InChI is InChI=1S/C14H16N2O/c1-17-14-8-7-13(11-16-14)10-15-9-12-5-3-2-4-6-12/h2-8,11,15H,9-10H2,1H3. The van der Waals surface area contributed by atoms with Crippen LogP contribution in [0.2, 0.25) is 0 Å². The van der Waals surface area contributed by atoms with Gasteiger partial charge in [-0.3, -0.25) is 0 Å². The van der Waals surface area contributed by atoms with Gasteiger partial charge in [0.2, 0.25) is 5.88 Å². The highest BCUT2D eigenvalue weighted by atomic mass is 16.5. The van der Waals surface area contributed by atoms with E-state index in [1.54, 1.807) is 7.11 Å². The van der Waals surface area contributed by atoms with Crippen molar-refractivity contribution >= 4 is 0 Å². The number of ether oxygens (including phenoxy) is 1. The minimum Gasteiger partial charge on any atom is -0.481 e. The normalized spacial score (nSPS) is 10.2. The molecule has 0 amide bonds. The predicted molar refractivity (Wildman–Crippen MR) is 67.8 cm³/mol. The molecule has 2 aromatic rings. The lowest BCUT2D eigenvalue weighted by atomic mass is 10.2. The van der Waals surface area contributed by atoms with E-state index in [4.69, 9.17) is 4.74 Å². The molecule has 1 aromatic carbocycles. The summed E-state index contributed by atoms with van der Waals surface area (Å²) in [7, 11) is 1.62. The molecule has 17 heavy (non-hydrogen) atoms. The molecule has 0 radical (unpaired) electrons. The number of rotatable bonds is 5. The van der Waals surface area contributed by atoms with Gasteiger partial charge in [-0.15, -0.1) is 0 Å². The summed E-state index contributed by atoms with van der Waals surface area (Å²) in [6.45, 7) is 1.68. The highest BCUT2D eigenvalue weighted by Gasteiger charge is 1.95. The third kappa shape index (κ3) is 3.57. The van der Waals surface area contributed by atoms with Gasteiger partial charge in [-0.05, 0) is 11.1 Å². The largest absolute Gasteiger partial charge is 0.481 e. The highest BCUT2D eigenvalue weighted by Crippen LogP contribution is 2.06. The van der Waals surface area contributed by atoms with Crippen LogP contribution in [0.25, 0.3) is 0 Å². The van der Waals surface area contributed by atoms with Crippen LogP contribution in [0.5, 0.6) is 5.88 Å². The average Bonchev–Trinajstić information content (AvgIpc) is 2.41. The molecule has 0 atom stereocenters. The van der Waals surface area contributed by atoms with Crippen LogP contribution in [0, 0.1) is 0 Å². The zero-order valence-electron chi connectivity index (χ0n) is 9.89. The van der Waals surface area contributed by atoms with Crippen molar-refractivity contribution in [3.8, 4) is 5.88 Å². The molecule has 2 rings (SSSR count). The smallest absolute Gasteiger partial charge is 0.212 e. The average molecular weight is 228 g/mol. The fourth-order valence-electron chi connectivity index (χ4n) is 1.58. The lowest BCUT2D eigenvalue weighted by molar-refractivity contribution is 0.397. The zero-order valence-corrected chi connectivity index (χ0v) is 9.89. The number of methoxy groups -OCH3 is 1. The molecule has 0 aliphatic rings. The molecule has 1 N–H and O–H groups in total. The summed E-state index contributed by atoms with van der Waals surface area (Å²) in [4.78, 5) is 4.16. The van der Waals surface area contributed by atoms with Crippen molar-refractivity contribution in [1.82, 2.24) is 10.3 Å². The Morgan fingerprint density at radius 3 is 2.41 bits per heavy atom. The maximum absolute atomic E-state index is 5.01. The van der Waals surface area contributed by atoms with Crippen LogP contribution in [0.15, 0.2) is 48.7 Å². The Balaban J connectivity index is 1.82. The van der Waals surface area contributed by atoms with Gasteiger partial charge < -0.3 is 10.1 Å². The van der Waals surface area contributed by atoms with E-state index in [0.717, 1.165) is 18.7 Å². The van der Waals surface area contributed by atoms with E-state index in [1.807, 2.05) is 36.5 Å². The van der Waals surface area contributed by atoms with Crippen LogP contribution in [0.1, 0.15) is 11.1 Å². The molecule has 3 nitrogen and oxygen atoms in total. The zero-order chi connectivity index (χ0) is 11.9. The summed E-state index contributed by atoms with van der Waals surface area (Å²) in [5.74, 6) is 0.650. The molecular formula is C14H16N2O. The monoisotopic (exact) mass is 228 g/mol. The minimum atomic E-state index is 0.650. The maximum atomic E-state index is 5.01. The molecular weight excluding hydrogens is 212 g/mol. The second-order valence-corrected chi connectivity index (χ2v) is 3.80. The summed E-state index contributed by atoms with van der Waals surface area (Å²) in [5, 5.41) is 3.37. The second-order valence-electron chi connectivity index (χ2n) is 3.80. The Morgan fingerprint density at radius 1 is 1.00 bits per heavy atom. The summed E-state index contributed by atoms with van der Waals surface area (Å²) in [5.41, 5.74) is 2.44. The van der Waals surface area contributed by atoms with Gasteiger partial charge >= 0.3 is 0 Å². The molecule has 0 spiro atoms. The van der Waals surface area contributed by atoms with Gasteiger partial charge in [-0.2, -0.15) is 0 Å². The van der Waals surface area contributed by atoms with E-state index >= 15 is 0 Å². The molecule has 0 fully saturated rings. The number of pyridine rings is 1. The first-order valence-corrected chi connectivity index (χ1v) is 5.62. The molecule has 3 heteroatoms. The van der Waals surface area contributed by atoms with Crippen molar-refractivity contribution in [2.24, 2.45) is 0 Å². The molecule has 0 aliphatic carbocycles.